The highest BCUT2D eigenvalue weighted by Crippen LogP contribution is 2.39. The molecule has 2 aliphatic rings. The van der Waals surface area contributed by atoms with E-state index in [1.807, 2.05) is 0 Å². The summed E-state index contributed by atoms with van der Waals surface area (Å²) in [6.07, 6.45) is -1.21. The molecule has 3 rings (SSSR count). The molecule has 0 aromatic heterocycles. The Kier molecular flexibility index (Phi) is 3.52. The average Bonchev–Trinajstić information content (AvgIpc) is 3.00. The summed E-state index contributed by atoms with van der Waals surface area (Å²) in [6, 6.07) is 4.91. The summed E-state index contributed by atoms with van der Waals surface area (Å²) >= 11 is 0. The molecular weight excluding hydrogens is 304 g/mol. The Labute approximate surface area is 132 Å². The number of benzene rings is 1. The standard InChI is InChI=1S/C16H16O7/c1-16(2)13(14(18)19)9(15(20)23-16)6-10(17)8-3-4-11-12(5-8)22-7-21-11/h3-5,10,17H,6-7H2,1-2H3,(H,18,19). The second kappa shape index (κ2) is 5.27. The molecule has 7 nitrogen and oxygen atoms in total. The fourth-order valence-electron chi connectivity index (χ4n) is 2.81. The Morgan fingerprint density at radius 2 is 2.00 bits per heavy atom. The second-order valence-corrected chi connectivity index (χ2v) is 5.89. The number of cyclic esters (lactones) is 1. The van der Waals surface area contributed by atoms with E-state index in [-0.39, 0.29) is 24.4 Å². The predicted octanol–water partition coefficient (Wildman–Crippen LogP) is 1.56. The number of carbonyl (C=O) groups excluding carboxylic acids is 1. The molecule has 0 aliphatic carbocycles. The lowest BCUT2D eigenvalue weighted by Gasteiger charge is -2.18. The van der Waals surface area contributed by atoms with Crippen LogP contribution in [0.3, 0.4) is 0 Å². The van der Waals surface area contributed by atoms with Gasteiger partial charge >= 0.3 is 11.9 Å². The summed E-state index contributed by atoms with van der Waals surface area (Å²) in [5.74, 6) is -0.864. The lowest BCUT2D eigenvalue weighted by atomic mass is 9.92. The van der Waals surface area contributed by atoms with E-state index in [1.165, 1.54) is 13.8 Å². The van der Waals surface area contributed by atoms with E-state index in [0.29, 0.717) is 17.1 Å². The van der Waals surface area contributed by atoms with Gasteiger partial charge in [0, 0.05) is 6.42 Å². The molecule has 0 fully saturated rings. The van der Waals surface area contributed by atoms with Gasteiger partial charge < -0.3 is 24.4 Å². The van der Waals surface area contributed by atoms with Crippen molar-refractivity contribution in [2.24, 2.45) is 0 Å². The van der Waals surface area contributed by atoms with E-state index in [1.54, 1.807) is 18.2 Å². The van der Waals surface area contributed by atoms with Crippen molar-refractivity contribution in [2.75, 3.05) is 6.79 Å². The number of fused-ring (bicyclic) bond motifs is 1. The van der Waals surface area contributed by atoms with Crippen LogP contribution in [-0.2, 0) is 14.3 Å². The van der Waals surface area contributed by atoms with E-state index < -0.39 is 23.6 Å². The molecule has 2 heterocycles. The number of rotatable bonds is 4. The highest BCUT2D eigenvalue weighted by molar-refractivity contribution is 6.04. The van der Waals surface area contributed by atoms with Gasteiger partial charge in [-0.2, -0.15) is 0 Å². The van der Waals surface area contributed by atoms with Gasteiger partial charge in [-0.15, -0.1) is 0 Å². The summed E-state index contributed by atoms with van der Waals surface area (Å²) in [5, 5.41) is 19.7. The number of carboxylic acids is 1. The van der Waals surface area contributed by atoms with Crippen LogP contribution in [0, 0.1) is 0 Å². The minimum atomic E-state index is -1.23. The summed E-state index contributed by atoms with van der Waals surface area (Å²) < 4.78 is 15.5. The number of aliphatic hydroxyl groups is 1. The van der Waals surface area contributed by atoms with Gasteiger partial charge in [-0.25, -0.2) is 9.59 Å². The lowest BCUT2D eigenvalue weighted by molar-refractivity contribution is -0.145. The number of aliphatic hydroxyl groups excluding tert-OH is 1. The van der Waals surface area contributed by atoms with Gasteiger partial charge in [0.05, 0.1) is 17.3 Å². The van der Waals surface area contributed by atoms with Crippen LogP contribution in [0.4, 0.5) is 0 Å². The summed E-state index contributed by atoms with van der Waals surface area (Å²) in [7, 11) is 0. The average molecular weight is 320 g/mol. The lowest BCUT2D eigenvalue weighted by Crippen LogP contribution is -2.27. The van der Waals surface area contributed by atoms with Gasteiger partial charge in [0.1, 0.15) is 5.60 Å². The molecule has 122 valence electrons. The molecule has 2 aliphatic heterocycles. The first-order chi connectivity index (χ1) is 10.8. The number of ether oxygens (including phenoxy) is 3. The molecule has 7 heteroatoms. The molecule has 1 aromatic rings. The first-order valence-corrected chi connectivity index (χ1v) is 7.07. The zero-order valence-corrected chi connectivity index (χ0v) is 12.7. The monoisotopic (exact) mass is 320 g/mol. The minimum absolute atomic E-state index is 0.0207. The second-order valence-electron chi connectivity index (χ2n) is 5.89. The van der Waals surface area contributed by atoms with Gasteiger partial charge in [-0.3, -0.25) is 0 Å². The molecule has 0 amide bonds. The van der Waals surface area contributed by atoms with Crippen LogP contribution in [0.15, 0.2) is 29.3 Å². The molecule has 23 heavy (non-hydrogen) atoms. The van der Waals surface area contributed by atoms with Gasteiger partial charge in [-0.05, 0) is 31.5 Å². The largest absolute Gasteiger partial charge is 0.478 e. The number of carbonyl (C=O) groups is 2. The third-order valence-corrected chi connectivity index (χ3v) is 3.89. The van der Waals surface area contributed by atoms with E-state index in [0.717, 1.165) is 0 Å². The van der Waals surface area contributed by atoms with Gasteiger partial charge in [-0.1, -0.05) is 6.07 Å². The van der Waals surface area contributed by atoms with Crippen molar-refractivity contribution < 1.29 is 34.0 Å². The zero-order valence-electron chi connectivity index (χ0n) is 12.7. The smallest absolute Gasteiger partial charge is 0.336 e. The SMILES string of the molecule is CC1(C)OC(=O)C(CC(O)c2ccc3c(c2)OCO3)=C1C(=O)O. The molecule has 0 spiro atoms. The highest BCUT2D eigenvalue weighted by atomic mass is 16.7. The summed E-state index contributed by atoms with van der Waals surface area (Å²) in [5.41, 5.74) is -0.855. The molecule has 1 aromatic carbocycles. The predicted molar refractivity (Wildman–Crippen MR) is 77.0 cm³/mol. The van der Waals surface area contributed by atoms with Crippen molar-refractivity contribution in [1.82, 2.24) is 0 Å². The highest BCUT2D eigenvalue weighted by Gasteiger charge is 2.44. The van der Waals surface area contributed by atoms with Crippen LogP contribution in [0.5, 0.6) is 11.5 Å². The van der Waals surface area contributed by atoms with Crippen LogP contribution >= 0.6 is 0 Å². The third-order valence-electron chi connectivity index (χ3n) is 3.89. The Bertz CT molecular complexity index is 717. The number of hydrogen-bond acceptors (Lipinski definition) is 6. The first-order valence-electron chi connectivity index (χ1n) is 7.07. The maximum Gasteiger partial charge on any atom is 0.336 e. The van der Waals surface area contributed by atoms with E-state index in [9.17, 15) is 19.8 Å². The minimum Gasteiger partial charge on any atom is -0.478 e. The maximum atomic E-state index is 12.0. The van der Waals surface area contributed by atoms with Crippen molar-refractivity contribution in [2.45, 2.75) is 32.0 Å². The number of hydrogen-bond donors (Lipinski definition) is 2. The van der Waals surface area contributed by atoms with Gasteiger partial charge in [0.15, 0.2) is 11.5 Å². The molecule has 0 bridgehead atoms. The molecule has 0 saturated heterocycles. The Balaban J connectivity index is 1.89. The number of esters is 1. The van der Waals surface area contributed by atoms with Crippen molar-refractivity contribution in [3.8, 4) is 11.5 Å². The van der Waals surface area contributed by atoms with E-state index in [2.05, 4.69) is 0 Å². The zero-order chi connectivity index (χ0) is 16.8. The molecular formula is C16H16O7. The van der Waals surface area contributed by atoms with Crippen LogP contribution in [0.2, 0.25) is 0 Å². The third kappa shape index (κ3) is 2.63. The first kappa shape index (κ1) is 15.4. The fourth-order valence-corrected chi connectivity index (χ4v) is 2.81. The number of aliphatic carboxylic acids is 1. The summed E-state index contributed by atoms with van der Waals surface area (Å²) in [4.78, 5) is 23.4. The molecule has 1 atom stereocenters. The molecule has 2 N–H and O–H groups in total. The van der Waals surface area contributed by atoms with Crippen LogP contribution < -0.4 is 9.47 Å². The van der Waals surface area contributed by atoms with Crippen molar-refractivity contribution >= 4 is 11.9 Å². The van der Waals surface area contributed by atoms with Gasteiger partial charge in [0.25, 0.3) is 0 Å². The van der Waals surface area contributed by atoms with Gasteiger partial charge in [0.2, 0.25) is 6.79 Å². The normalized spacial score (nSPS) is 19.7. The Hall–Kier alpha value is -2.54. The molecule has 1 unspecified atom stereocenters. The van der Waals surface area contributed by atoms with E-state index in [4.69, 9.17) is 14.2 Å². The Morgan fingerprint density at radius 1 is 1.30 bits per heavy atom. The Morgan fingerprint density at radius 3 is 2.70 bits per heavy atom. The van der Waals surface area contributed by atoms with E-state index >= 15 is 0 Å². The van der Waals surface area contributed by atoms with Crippen LogP contribution in [-0.4, -0.2) is 34.5 Å². The summed E-state index contributed by atoms with van der Waals surface area (Å²) in [6.45, 7) is 3.13. The molecule has 0 saturated carbocycles. The fraction of sp³-hybridized carbons (Fsp3) is 0.375. The van der Waals surface area contributed by atoms with Crippen LogP contribution in [0.1, 0.15) is 31.9 Å². The number of carboxylic acid groups (broad SMARTS) is 1. The van der Waals surface area contributed by atoms with Crippen molar-refractivity contribution in [3.63, 3.8) is 0 Å². The van der Waals surface area contributed by atoms with Crippen molar-refractivity contribution in [1.29, 1.82) is 0 Å². The van der Waals surface area contributed by atoms with Crippen LogP contribution in [0.25, 0.3) is 0 Å². The van der Waals surface area contributed by atoms with Crippen molar-refractivity contribution in [3.05, 3.63) is 34.9 Å². The topological polar surface area (TPSA) is 102 Å². The maximum absolute atomic E-state index is 12.0. The molecule has 0 radical (unpaired) electrons. The quantitative estimate of drug-likeness (QED) is 0.811.